The van der Waals surface area contributed by atoms with Crippen molar-refractivity contribution in [1.29, 1.82) is 0 Å². The van der Waals surface area contributed by atoms with E-state index in [1.807, 2.05) is 13.0 Å². The number of amides is 2. The maximum atomic E-state index is 11.7. The first-order chi connectivity index (χ1) is 8.63. The summed E-state index contributed by atoms with van der Waals surface area (Å²) in [4.78, 5) is 15.8. The second kappa shape index (κ2) is 5.18. The molecule has 0 radical (unpaired) electrons. The van der Waals surface area contributed by atoms with Gasteiger partial charge in [0.2, 0.25) is 0 Å². The van der Waals surface area contributed by atoms with E-state index in [2.05, 4.69) is 15.6 Å². The summed E-state index contributed by atoms with van der Waals surface area (Å²) < 4.78 is 0. The smallest absolute Gasteiger partial charge is 0.323 e. The fourth-order valence-corrected chi connectivity index (χ4v) is 1.45. The number of hydrogen-bond acceptors (Lipinski definition) is 3. The minimum atomic E-state index is -0.328. The van der Waals surface area contributed by atoms with Gasteiger partial charge in [0, 0.05) is 17.1 Å². The summed E-state index contributed by atoms with van der Waals surface area (Å²) in [7, 11) is 0. The van der Waals surface area contributed by atoms with Gasteiger partial charge in [-0.3, -0.25) is 4.98 Å². The number of aryl methyl sites for hydroxylation is 1. The number of benzene rings is 1. The molecule has 4 N–H and O–H groups in total. The van der Waals surface area contributed by atoms with Crippen molar-refractivity contribution >= 4 is 23.1 Å². The Hall–Kier alpha value is -2.56. The highest BCUT2D eigenvalue weighted by Gasteiger charge is 2.02. The van der Waals surface area contributed by atoms with E-state index in [0.29, 0.717) is 17.1 Å². The van der Waals surface area contributed by atoms with Crippen LogP contribution in [0.25, 0.3) is 0 Å². The van der Waals surface area contributed by atoms with Gasteiger partial charge in [-0.2, -0.15) is 0 Å². The molecule has 2 amide bonds. The van der Waals surface area contributed by atoms with E-state index in [1.165, 1.54) is 0 Å². The second-order valence-electron chi connectivity index (χ2n) is 3.89. The monoisotopic (exact) mass is 242 g/mol. The van der Waals surface area contributed by atoms with Crippen molar-refractivity contribution in [2.75, 3.05) is 16.4 Å². The van der Waals surface area contributed by atoms with Crippen LogP contribution in [0.3, 0.4) is 0 Å². The quantitative estimate of drug-likeness (QED) is 0.708. The molecule has 5 heteroatoms. The third-order valence-corrected chi connectivity index (χ3v) is 2.31. The van der Waals surface area contributed by atoms with Crippen molar-refractivity contribution < 1.29 is 4.79 Å². The van der Waals surface area contributed by atoms with Crippen molar-refractivity contribution in [1.82, 2.24) is 4.98 Å². The van der Waals surface area contributed by atoms with E-state index in [4.69, 9.17) is 5.73 Å². The normalized spacial score (nSPS) is 9.83. The molecule has 0 bridgehead atoms. The summed E-state index contributed by atoms with van der Waals surface area (Å²) in [5.74, 6) is 0. The van der Waals surface area contributed by atoms with E-state index >= 15 is 0 Å². The molecule has 0 saturated carbocycles. The molecule has 0 atom stereocenters. The molecule has 92 valence electrons. The number of anilines is 3. The fraction of sp³-hybridized carbons (Fsp3) is 0.0769. The first-order valence-corrected chi connectivity index (χ1v) is 5.50. The number of nitrogens with one attached hydrogen (secondary N) is 2. The van der Waals surface area contributed by atoms with Crippen LogP contribution in [0, 0.1) is 6.92 Å². The Morgan fingerprint density at radius 1 is 1.17 bits per heavy atom. The predicted molar refractivity (Wildman–Crippen MR) is 72.5 cm³/mol. The Kier molecular flexibility index (Phi) is 3.43. The van der Waals surface area contributed by atoms with Gasteiger partial charge in [0.25, 0.3) is 0 Å². The molecule has 1 aromatic heterocycles. The highest BCUT2D eigenvalue weighted by Crippen LogP contribution is 2.12. The highest BCUT2D eigenvalue weighted by molar-refractivity contribution is 5.99. The fourth-order valence-electron chi connectivity index (χ4n) is 1.45. The SMILES string of the molecule is Cc1ccc(NC(=O)Nc2cccc(N)c2)cn1. The molecule has 1 aromatic carbocycles. The van der Waals surface area contributed by atoms with Crippen LogP contribution >= 0.6 is 0 Å². The largest absolute Gasteiger partial charge is 0.399 e. The Balaban J connectivity index is 1.98. The van der Waals surface area contributed by atoms with Gasteiger partial charge >= 0.3 is 6.03 Å². The van der Waals surface area contributed by atoms with Crippen LogP contribution in [0.4, 0.5) is 21.9 Å². The lowest BCUT2D eigenvalue weighted by atomic mass is 10.3. The second-order valence-corrected chi connectivity index (χ2v) is 3.89. The Morgan fingerprint density at radius 3 is 2.61 bits per heavy atom. The van der Waals surface area contributed by atoms with Gasteiger partial charge in [-0.05, 0) is 37.3 Å². The number of aromatic nitrogens is 1. The number of carbonyl (C=O) groups is 1. The molecule has 0 aliphatic carbocycles. The summed E-state index contributed by atoms with van der Waals surface area (Å²) in [6.45, 7) is 1.89. The lowest BCUT2D eigenvalue weighted by Crippen LogP contribution is -2.19. The zero-order valence-corrected chi connectivity index (χ0v) is 9.97. The van der Waals surface area contributed by atoms with Crippen molar-refractivity contribution in [3.63, 3.8) is 0 Å². The number of nitrogens with zero attached hydrogens (tertiary/aromatic N) is 1. The molecule has 0 aliphatic heterocycles. The van der Waals surface area contributed by atoms with Gasteiger partial charge < -0.3 is 16.4 Å². The Labute approximate surface area is 105 Å². The van der Waals surface area contributed by atoms with Crippen LogP contribution in [0.5, 0.6) is 0 Å². The van der Waals surface area contributed by atoms with Crippen molar-refractivity contribution in [2.45, 2.75) is 6.92 Å². The molecule has 0 aliphatic rings. The zero-order chi connectivity index (χ0) is 13.0. The van der Waals surface area contributed by atoms with Crippen molar-refractivity contribution in [3.05, 3.63) is 48.3 Å². The molecule has 0 spiro atoms. The molecule has 5 nitrogen and oxygen atoms in total. The van der Waals surface area contributed by atoms with Crippen LogP contribution in [0.15, 0.2) is 42.6 Å². The molecule has 2 rings (SSSR count). The number of urea groups is 1. The van der Waals surface area contributed by atoms with Crippen LogP contribution in [-0.2, 0) is 0 Å². The summed E-state index contributed by atoms with van der Waals surface area (Å²) in [6.07, 6.45) is 1.61. The van der Waals surface area contributed by atoms with Gasteiger partial charge in [-0.25, -0.2) is 4.79 Å². The topological polar surface area (TPSA) is 80.0 Å². The maximum Gasteiger partial charge on any atom is 0.323 e. The van der Waals surface area contributed by atoms with Crippen LogP contribution in [0.2, 0.25) is 0 Å². The summed E-state index contributed by atoms with van der Waals surface area (Å²) in [5.41, 5.74) is 8.41. The average molecular weight is 242 g/mol. The van der Waals surface area contributed by atoms with Crippen LogP contribution < -0.4 is 16.4 Å². The first kappa shape index (κ1) is 11.9. The Morgan fingerprint density at radius 2 is 1.94 bits per heavy atom. The molecule has 0 fully saturated rings. The number of hydrogen-bond donors (Lipinski definition) is 3. The molecule has 0 saturated heterocycles. The third kappa shape index (κ3) is 3.21. The van der Waals surface area contributed by atoms with Crippen molar-refractivity contribution in [2.24, 2.45) is 0 Å². The van der Waals surface area contributed by atoms with Crippen molar-refractivity contribution in [3.8, 4) is 0 Å². The van der Waals surface area contributed by atoms with Gasteiger partial charge in [0.15, 0.2) is 0 Å². The lowest BCUT2D eigenvalue weighted by molar-refractivity contribution is 0.262. The number of nitrogen functional groups attached to an aromatic ring is 1. The summed E-state index contributed by atoms with van der Waals surface area (Å²) in [6, 6.07) is 10.3. The average Bonchev–Trinajstić information content (AvgIpc) is 2.32. The van der Waals surface area contributed by atoms with Crippen LogP contribution in [0.1, 0.15) is 5.69 Å². The third-order valence-electron chi connectivity index (χ3n) is 2.31. The van der Waals surface area contributed by atoms with Gasteiger partial charge in [-0.1, -0.05) is 6.07 Å². The van der Waals surface area contributed by atoms with E-state index in [9.17, 15) is 4.79 Å². The summed E-state index contributed by atoms with van der Waals surface area (Å²) >= 11 is 0. The molecule has 0 unspecified atom stereocenters. The molecule has 2 aromatic rings. The lowest BCUT2D eigenvalue weighted by Gasteiger charge is -2.07. The van der Waals surface area contributed by atoms with Gasteiger partial charge in [0.1, 0.15) is 0 Å². The maximum absolute atomic E-state index is 11.7. The Bertz CT molecular complexity index is 551. The van der Waals surface area contributed by atoms with E-state index < -0.39 is 0 Å². The van der Waals surface area contributed by atoms with Gasteiger partial charge in [-0.15, -0.1) is 0 Å². The molecular weight excluding hydrogens is 228 g/mol. The highest BCUT2D eigenvalue weighted by atomic mass is 16.2. The molecule has 1 heterocycles. The standard InChI is InChI=1S/C13H14N4O/c1-9-5-6-12(8-15-9)17-13(18)16-11-4-2-3-10(14)7-11/h2-8H,14H2,1H3,(H2,16,17,18). The van der Waals surface area contributed by atoms with E-state index in [1.54, 1.807) is 36.5 Å². The number of nitrogens with two attached hydrogens (primary N) is 1. The summed E-state index contributed by atoms with van der Waals surface area (Å²) in [5, 5.41) is 5.37. The molecule has 18 heavy (non-hydrogen) atoms. The number of rotatable bonds is 2. The van der Waals surface area contributed by atoms with E-state index in [0.717, 1.165) is 5.69 Å². The van der Waals surface area contributed by atoms with E-state index in [-0.39, 0.29) is 6.03 Å². The zero-order valence-electron chi connectivity index (χ0n) is 9.97. The number of carbonyl (C=O) groups excluding carboxylic acids is 1. The minimum absolute atomic E-state index is 0.328. The first-order valence-electron chi connectivity index (χ1n) is 5.50. The number of pyridine rings is 1. The predicted octanol–water partition coefficient (Wildman–Crippen LogP) is 2.62. The van der Waals surface area contributed by atoms with Crippen LogP contribution in [-0.4, -0.2) is 11.0 Å². The molecular formula is C13H14N4O. The minimum Gasteiger partial charge on any atom is -0.399 e. The van der Waals surface area contributed by atoms with Gasteiger partial charge in [0.05, 0.1) is 11.9 Å².